The highest BCUT2D eigenvalue weighted by atomic mass is 79.9. The molecule has 0 saturated carbocycles. The molecule has 158 valence electrons. The van der Waals surface area contributed by atoms with E-state index in [9.17, 15) is 0 Å². The van der Waals surface area contributed by atoms with E-state index < -0.39 is 0 Å². The Labute approximate surface area is 204 Å². The molecule has 0 spiro atoms. The maximum Gasteiger partial charge on any atom is 0.175 e. The fraction of sp³-hybridized carbons (Fsp3) is 0.182. The fourth-order valence-electron chi connectivity index (χ4n) is 2.78. The quantitative estimate of drug-likeness (QED) is 0.305. The van der Waals surface area contributed by atoms with Crippen LogP contribution >= 0.6 is 62.3 Å². The zero-order valence-electron chi connectivity index (χ0n) is 15.9. The summed E-state index contributed by atoms with van der Waals surface area (Å²) in [5.74, 6) is 1.25. The van der Waals surface area contributed by atoms with E-state index >= 15 is 0 Å². The average molecular weight is 550 g/mol. The summed E-state index contributed by atoms with van der Waals surface area (Å²) in [6.07, 6.45) is 0. The number of ether oxygens (including phenoxy) is 2. The van der Waals surface area contributed by atoms with Crippen LogP contribution in [0.15, 0.2) is 53.0 Å². The van der Waals surface area contributed by atoms with Gasteiger partial charge in [0.25, 0.3) is 0 Å². The maximum absolute atomic E-state index is 6.25. The van der Waals surface area contributed by atoms with Gasteiger partial charge in [0.05, 0.1) is 11.1 Å². The number of hydrogen-bond acceptors (Lipinski definition) is 3. The zero-order valence-corrected chi connectivity index (χ0v) is 20.6. The Morgan fingerprint density at radius 2 is 1.60 bits per heavy atom. The normalized spacial score (nSPS) is 10.7. The third-order valence-corrected chi connectivity index (χ3v) is 5.73. The van der Waals surface area contributed by atoms with Crippen LogP contribution in [0.1, 0.15) is 18.1 Å². The minimum Gasteiger partial charge on any atom is -0.490 e. The monoisotopic (exact) mass is 547 g/mol. The Bertz CT molecular complexity index is 1030. The standard InChI is InChI=1S/C22H18BrCl4NO2/c1-2-29-21-6-13(11-28-18-8-16(25)7-17(26)9-18)5-19(23)22(21)30-12-14-3-4-15(24)10-20(14)27/h3-10,28H,2,11-12H2,1H3. The summed E-state index contributed by atoms with van der Waals surface area (Å²) in [5, 5.41) is 5.60. The summed E-state index contributed by atoms with van der Waals surface area (Å²) in [4.78, 5) is 0. The van der Waals surface area contributed by atoms with Gasteiger partial charge in [0.15, 0.2) is 11.5 Å². The van der Waals surface area contributed by atoms with Crippen LogP contribution in [0.3, 0.4) is 0 Å². The second-order valence-electron chi connectivity index (χ2n) is 6.37. The van der Waals surface area contributed by atoms with Crippen molar-refractivity contribution in [1.82, 2.24) is 0 Å². The van der Waals surface area contributed by atoms with E-state index in [4.69, 9.17) is 55.9 Å². The molecule has 30 heavy (non-hydrogen) atoms. The van der Waals surface area contributed by atoms with Gasteiger partial charge in [-0.25, -0.2) is 0 Å². The van der Waals surface area contributed by atoms with Crippen molar-refractivity contribution in [1.29, 1.82) is 0 Å². The predicted molar refractivity (Wildman–Crippen MR) is 130 cm³/mol. The molecule has 0 unspecified atom stereocenters. The maximum atomic E-state index is 6.25. The minimum atomic E-state index is 0.285. The van der Waals surface area contributed by atoms with Gasteiger partial charge >= 0.3 is 0 Å². The Kier molecular flexibility index (Phi) is 8.44. The Morgan fingerprint density at radius 1 is 0.867 bits per heavy atom. The van der Waals surface area contributed by atoms with Gasteiger partial charge in [-0.2, -0.15) is 0 Å². The van der Waals surface area contributed by atoms with E-state index in [0.29, 0.717) is 44.7 Å². The molecule has 0 aliphatic heterocycles. The Balaban J connectivity index is 1.77. The molecular weight excluding hydrogens is 532 g/mol. The predicted octanol–water partition coefficient (Wildman–Crippen LogP) is 8.65. The van der Waals surface area contributed by atoms with E-state index in [0.717, 1.165) is 21.3 Å². The summed E-state index contributed by atoms with van der Waals surface area (Å²) >= 11 is 27.9. The molecule has 0 aromatic heterocycles. The molecule has 0 radical (unpaired) electrons. The van der Waals surface area contributed by atoms with Crippen LogP contribution in [0.5, 0.6) is 11.5 Å². The number of halogens is 5. The van der Waals surface area contributed by atoms with Gasteiger partial charge in [0.1, 0.15) is 6.61 Å². The number of benzene rings is 3. The van der Waals surface area contributed by atoms with E-state index in [-0.39, 0.29) is 6.61 Å². The van der Waals surface area contributed by atoms with Gasteiger partial charge in [-0.05, 0) is 70.9 Å². The second kappa shape index (κ2) is 10.8. The van der Waals surface area contributed by atoms with Crippen molar-refractivity contribution in [2.45, 2.75) is 20.1 Å². The van der Waals surface area contributed by atoms with Gasteiger partial charge < -0.3 is 14.8 Å². The lowest BCUT2D eigenvalue weighted by Crippen LogP contribution is -2.04. The minimum absolute atomic E-state index is 0.285. The van der Waals surface area contributed by atoms with E-state index in [2.05, 4.69) is 21.2 Å². The van der Waals surface area contributed by atoms with Crippen molar-refractivity contribution in [3.63, 3.8) is 0 Å². The lowest BCUT2D eigenvalue weighted by atomic mass is 10.2. The van der Waals surface area contributed by atoms with Crippen LogP contribution in [0.4, 0.5) is 5.69 Å². The van der Waals surface area contributed by atoms with Crippen LogP contribution in [-0.2, 0) is 13.2 Å². The topological polar surface area (TPSA) is 30.5 Å². The molecule has 0 bridgehead atoms. The molecule has 0 saturated heterocycles. The average Bonchev–Trinajstić information content (AvgIpc) is 2.66. The fourth-order valence-corrected chi connectivity index (χ4v) is 4.37. The summed E-state index contributed by atoms with van der Waals surface area (Å²) in [5.41, 5.74) is 2.66. The van der Waals surface area contributed by atoms with E-state index in [1.165, 1.54) is 0 Å². The molecule has 3 nitrogen and oxygen atoms in total. The van der Waals surface area contributed by atoms with Gasteiger partial charge in [-0.1, -0.05) is 52.5 Å². The molecule has 8 heteroatoms. The highest BCUT2D eigenvalue weighted by Gasteiger charge is 2.14. The van der Waals surface area contributed by atoms with Gasteiger partial charge in [-0.15, -0.1) is 0 Å². The third-order valence-electron chi connectivity index (χ3n) is 4.12. The smallest absolute Gasteiger partial charge is 0.175 e. The van der Waals surface area contributed by atoms with Crippen molar-refractivity contribution < 1.29 is 9.47 Å². The number of rotatable bonds is 8. The molecule has 3 rings (SSSR count). The van der Waals surface area contributed by atoms with Gasteiger partial charge in [-0.3, -0.25) is 0 Å². The number of hydrogen-bond donors (Lipinski definition) is 1. The van der Waals surface area contributed by atoms with E-state index in [1.807, 2.05) is 37.3 Å². The summed E-state index contributed by atoms with van der Waals surface area (Å²) < 4.78 is 12.6. The molecule has 0 fully saturated rings. The van der Waals surface area contributed by atoms with Gasteiger partial charge in [0, 0.05) is 37.9 Å². The summed E-state index contributed by atoms with van der Waals surface area (Å²) in [6.45, 7) is 3.27. The number of nitrogens with one attached hydrogen (secondary N) is 1. The first-order valence-corrected chi connectivity index (χ1v) is 11.4. The summed E-state index contributed by atoms with van der Waals surface area (Å²) in [7, 11) is 0. The second-order valence-corrected chi connectivity index (χ2v) is 8.94. The third kappa shape index (κ3) is 6.35. The molecule has 3 aromatic carbocycles. The van der Waals surface area contributed by atoms with Crippen molar-refractivity contribution in [3.8, 4) is 11.5 Å². The molecule has 1 N–H and O–H groups in total. The molecule has 0 aliphatic carbocycles. The van der Waals surface area contributed by atoms with Crippen molar-refractivity contribution in [2.24, 2.45) is 0 Å². The Morgan fingerprint density at radius 3 is 2.27 bits per heavy atom. The lowest BCUT2D eigenvalue weighted by Gasteiger charge is -2.16. The largest absolute Gasteiger partial charge is 0.490 e. The van der Waals surface area contributed by atoms with Crippen molar-refractivity contribution in [2.75, 3.05) is 11.9 Å². The highest BCUT2D eigenvalue weighted by molar-refractivity contribution is 9.10. The first-order valence-electron chi connectivity index (χ1n) is 9.07. The summed E-state index contributed by atoms with van der Waals surface area (Å²) in [6, 6.07) is 14.5. The first kappa shape index (κ1) is 23.4. The number of anilines is 1. The van der Waals surface area contributed by atoms with Crippen molar-refractivity contribution in [3.05, 3.63) is 84.2 Å². The van der Waals surface area contributed by atoms with Crippen molar-refractivity contribution >= 4 is 68.0 Å². The van der Waals surface area contributed by atoms with Crippen LogP contribution in [0, 0.1) is 0 Å². The van der Waals surface area contributed by atoms with E-state index in [1.54, 1.807) is 18.2 Å². The van der Waals surface area contributed by atoms with Gasteiger partial charge in [0.2, 0.25) is 0 Å². The zero-order chi connectivity index (χ0) is 21.7. The molecule has 0 heterocycles. The van der Waals surface area contributed by atoms with Crippen LogP contribution in [0.2, 0.25) is 20.1 Å². The van der Waals surface area contributed by atoms with Crippen LogP contribution < -0.4 is 14.8 Å². The lowest BCUT2D eigenvalue weighted by molar-refractivity contribution is 0.267. The molecule has 0 aliphatic rings. The Hall–Kier alpha value is -1.30. The first-order chi connectivity index (χ1) is 14.4. The molecule has 0 amide bonds. The van der Waals surface area contributed by atoms with Crippen LogP contribution in [-0.4, -0.2) is 6.61 Å². The van der Waals surface area contributed by atoms with Crippen LogP contribution in [0.25, 0.3) is 0 Å². The molecule has 0 atom stereocenters. The molecule has 3 aromatic rings. The SMILES string of the molecule is CCOc1cc(CNc2cc(Cl)cc(Cl)c2)cc(Br)c1OCc1ccc(Cl)cc1Cl. The highest BCUT2D eigenvalue weighted by Crippen LogP contribution is 2.38. The molecular formula is C22H18BrCl4NO2.